The van der Waals surface area contributed by atoms with Crippen molar-refractivity contribution in [3.8, 4) is 0 Å². The van der Waals surface area contributed by atoms with E-state index in [0.29, 0.717) is 5.82 Å². The molecule has 2 unspecified atom stereocenters. The summed E-state index contributed by atoms with van der Waals surface area (Å²) in [5, 5.41) is 9.85. The number of aromatic nitrogens is 3. The SMILES string of the molecule is CCCc1cc(NC(=O)C2CC(=O)N(C)C2c2cccnc2)n[nH]1. The van der Waals surface area contributed by atoms with Crippen LogP contribution in [0.4, 0.5) is 5.82 Å². The molecule has 0 saturated carbocycles. The van der Waals surface area contributed by atoms with Crippen LogP contribution in [0.1, 0.15) is 37.1 Å². The number of likely N-dealkylation sites (tertiary alicyclic amines) is 1. The number of aromatic amines is 1. The van der Waals surface area contributed by atoms with Crippen LogP contribution in [0, 0.1) is 5.92 Å². The van der Waals surface area contributed by atoms with Crippen LogP contribution in [0.15, 0.2) is 30.6 Å². The highest BCUT2D eigenvalue weighted by atomic mass is 16.2. The number of hydrogen-bond donors (Lipinski definition) is 2. The third kappa shape index (κ3) is 3.15. The summed E-state index contributed by atoms with van der Waals surface area (Å²) in [4.78, 5) is 30.5. The van der Waals surface area contributed by atoms with Crippen LogP contribution < -0.4 is 5.32 Å². The van der Waals surface area contributed by atoms with Crippen molar-refractivity contribution < 1.29 is 9.59 Å². The van der Waals surface area contributed by atoms with Crippen LogP contribution in [-0.4, -0.2) is 38.9 Å². The van der Waals surface area contributed by atoms with Gasteiger partial charge in [0.2, 0.25) is 11.8 Å². The van der Waals surface area contributed by atoms with Gasteiger partial charge in [0.05, 0.1) is 12.0 Å². The van der Waals surface area contributed by atoms with Crippen molar-refractivity contribution in [1.29, 1.82) is 0 Å². The fraction of sp³-hybridized carbons (Fsp3) is 0.412. The number of carbonyl (C=O) groups excluding carboxylic acids is 2. The molecule has 1 saturated heterocycles. The van der Waals surface area contributed by atoms with E-state index in [0.717, 1.165) is 24.1 Å². The Balaban J connectivity index is 1.78. The number of hydrogen-bond acceptors (Lipinski definition) is 4. The van der Waals surface area contributed by atoms with Gasteiger partial charge in [0.15, 0.2) is 5.82 Å². The number of anilines is 1. The lowest BCUT2D eigenvalue weighted by molar-refractivity contribution is -0.128. The van der Waals surface area contributed by atoms with E-state index >= 15 is 0 Å². The number of carbonyl (C=O) groups is 2. The Hall–Kier alpha value is -2.70. The maximum Gasteiger partial charge on any atom is 0.231 e. The predicted molar refractivity (Wildman–Crippen MR) is 89.1 cm³/mol. The first-order valence-corrected chi connectivity index (χ1v) is 8.11. The number of aryl methyl sites for hydroxylation is 1. The summed E-state index contributed by atoms with van der Waals surface area (Å²) < 4.78 is 0. The van der Waals surface area contributed by atoms with Gasteiger partial charge in [-0.25, -0.2) is 0 Å². The van der Waals surface area contributed by atoms with Crippen molar-refractivity contribution in [2.45, 2.75) is 32.2 Å². The van der Waals surface area contributed by atoms with Gasteiger partial charge in [-0.3, -0.25) is 19.7 Å². The second kappa shape index (κ2) is 6.82. The van der Waals surface area contributed by atoms with Gasteiger partial charge in [0.25, 0.3) is 0 Å². The van der Waals surface area contributed by atoms with Crippen molar-refractivity contribution in [2.75, 3.05) is 12.4 Å². The van der Waals surface area contributed by atoms with Crippen LogP contribution in [0.3, 0.4) is 0 Å². The molecule has 1 aliphatic rings. The van der Waals surface area contributed by atoms with Gasteiger partial charge in [-0.1, -0.05) is 19.4 Å². The number of nitrogens with zero attached hydrogens (tertiary/aromatic N) is 3. The second-order valence-electron chi connectivity index (χ2n) is 6.06. The molecular formula is C17H21N5O2. The molecule has 2 aromatic heterocycles. The molecule has 0 aromatic carbocycles. The Labute approximate surface area is 140 Å². The fourth-order valence-electron chi connectivity index (χ4n) is 3.15. The van der Waals surface area contributed by atoms with E-state index in [1.54, 1.807) is 24.3 Å². The Kier molecular flexibility index (Phi) is 4.59. The molecule has 7 heteroatoms. The van der Waals surface area contributed by atoms with Gasteiger partial charge in [-0.05, 0) is 18.1 Å². The van der Waals surface area contributed by atoms with E-state index in [1.807, 2.05) is 18.2 Å². The van der Waals surface area contributed by atoms with E-state index < -0.39 is 5.92 Å². The number of nitrogens with one attached hydrogen (secondary N) is 2. The second-order valence-corrected chi connectivity index (χ2v) is 6.06. The molecule has 24 heavy (non-hydrogen) atoms. The normalized spacial score (nSPS) is 20.4. The molecule has 2 N–H and O–H groups in total. The molecule has 2 atom stereocenters. The molecular weight excluding hydrogens is 306 g/mol. The van der Waals surface area contributed by atoms with Gasteiger partial charge in [0.1, 0.15) is 0 Å². The zero-order valence-electron chi connectivity index (χ0n) is 13.8. The Bertz CT molecular complexity index is 728. The predicted octanol–water partition coefficient (Wildman–Crippen LogP) is 1.92. The van der Waals surface area contributed by atoms with Gasteiger partial charge in [0, 0.05) is 37.6 Å². The van der Waals surface area contributed by atoms with Crippen molar-refractivity contribution in [3.05, 3.63) is 41.9 Å². The molecule has 0 bridgehead atoms. The molecule has 0 radical (unpaired) electrons. The lowest BCUT2D eigenvalue weighted by Crippen LogP contribution is -2.30. The molecule has 2 amide bonds. The van der Waals surface area contributed by atoms with Gasteiger partial charge < -0.3 is 10.2 Å². The Morgan fingerprint density at radius 1 is 1.50 bits per heavy atom. The highest BCUT2D eigenvalue weighted by Gasteiger charge is 2.42. The lowest BCUT2D eigenvalue weighted by Gasteiger charge is -2.24. The maximum atomic E-state index is 12.7. The molecule has 7 nitrogen and oxygen atoms in total. The molecule has 0 spiro atoms. The number of rotatable bonds is 5. The zero-order chi connectivity index (χ0) is 17.1. The first-order valence-electron chi connectivity index (χ1n) is 8.11. The van der Waals surface area contributed by atoms with Crippen LogP contribution in [-0.2, 0) is 16.0 Å². The number of amides is 2. The Morgan fingerprint density at radius 2 is 2.33 bits per heavy atom. The van der Waals surface area contributed by atoms with E-state index in [4.69, 9.17) is 0 Å². The highest BCUT2D eigenvalue weighted by molar-refractivity contribution is 5.97. The highest BCUT2D eigenvalue weighted by Crippen LogP contribution is 2.37. The third-order valence-corrected chi connectivity index (χ3v) is 4.35. The Morgan fingerprint density at radius 3 is 3.04 bits per heavy atom. The molecule has 126 valence electrons. The lowest BCUT2D eigenvalue weighted by atomic mass is 9.94. The number of pyridine rings is 1. The zero-order valence-corrected chi connectivity index (χ0v) is 13.8. The molecule has 1 fully saturated rings. The molecule has 0 aliphatic carbocycles. The average Bonchev–Trinajstić information content (AvgIpc) is 3.14. The fourth-order valence-corrected chi connectivity index (χ4v) is 3.15. The minimum atomic E-state index is -0.460. The summed E-state index contributed by atoms with van der Waals surface area (Å²) in [6, 6.07) is 5.23. The summed E-state index contributed by atoms with van der Waals surface area (Å²) in [6.07, 6.45) is 5.45. The topological polar surface area (TPSA) is 91.0 Å². The van der Waals surface area contributed by atoms with Crippen LogP contribution in [0.2, 0.25) is 0 Å². The third-order valence-electron chi connectivity index (χ3n) is 4.35. The first kappa shape index (κ1) is 16.2. The molecule has 2 aromatic rings. The van der Waals surface area contributed by atoms with Crippen LogP contribution in [0.25, 0.3) is 0 Å². The smallest absolute Gasteiger partial charge is 0.231 e. The quantitative estimate of drug-likeness (QED) is 0.877. The van der Waals surface area contributed by atoms with E-state index in [1.165, 1.54) is 0 Å². The largest absolute Gasteiger partial charge is 0.338 e. The summed E-state index contributed by atoms with van der Waals surface area (Å²) in [6.45, 7) is 2.08. The van der Waals surface area contributed by atoms with Crippen LogP contribution >= 0.6 is 0 Å². The standard InChI is InChI=1S/C17H21N5O2/c1-3-5-12-8-14(21-20-12)19-17(24)13-9-15(23)22(2)16(13)11-6-4-7-18-10-11/h4,6-8,10,13,16H,3,5,9H2,1-2H3,(H2,19,20,21,24). The van der Waals surface area contributed by atoms with Gasteiger partial charge in [-0.15, -0.1) is 0 Å². The summed E-state index contributed by atoms with van der Waals surface area (Å²) in [5.74, 6) is -0.206. The minimum absolute atomic E-state index is 0.0438. The van der Waals surface area contributed by atoms with E-state index in [9.17, 15) is 9.59 Å². The van der Waals surface area contributed by atoms with Crippen LogP contribution in [0.5, 0.6) is 0 Å². The van der Waals surface area contributed by atoms with Crippen molar-refractivity contribution in [1.82, 2.24) is 20.1 Å². The molecule has 3 rings (SSSR count). The van der Waals surface area contributed by atoms with Crippen molar-refractivity contribution in [3.63, 3.8) is 0 Å². The number of H-pyrrole nitrogens is 1. The van der Waals surface area contributed by atoms with Crippen molar-refractivity contribution >= 4 is 17.6 Å². The summed E-state index contributed by atoms with van der Waals surface area (Å²) in [5.41, 5.74) is 1.84. The van der Waals surface area contributed by atoms with Gasteiger partial charge in [-0.2, -0.15) is 5.10 Å². The summed E-state index contributed by atoms with van der Waals surface area (Å²) in [7, 11) is 1.72. The minimum Gasteiger partial charge on any atom is -0.338 e. The summed E-state index contributed by atoms with van der Waals surface area (Å²) >= 11 is 0. The average molecular weight is 327 g/mol. The van der Waals surface area contributed by atoms with Gasteiger partial charge >= 0.3 is 0 Å². The van der Waals surface area contributed by atoms with E-state index in [2.05, 4.69) is 27.4 Å². The monoisotopic (exact) mass is 327 g/mol. The van der Waals surface area contributed by atoms with E-state index in [-0.39, 0.29) is 24.3 Å². The molecule has 3 heterocycles. The van der Waals surface area contributed by atoms with Crippen molar-refractivity contribution in [2.24, 2.45) is 5.92 Å². The first-order chi connectivity index (χ1) is 11.6. The maximum absolute atomic E-state index is 12.7. The molecule has 1 aliphatic heterocycles.